The Morgan fingerprint density at radius 2 is 1.95 bits per heavy atom. The number of piperazine rings is 1. The Labute approximate surface area is 221 Å². The summed E-state index contributed by atoms with van der Waals surface area (Å²) in [7, 11) is 1.83. The van der Waals surface area contributed by atoms with Gasteiger partial charge in [0.2, 0.25) is 11.8 Å². The maximum atomic E-state index is 14.2. The first-order valence-corrected chi connectivity index (χ1v) is 13.2. The fraction of sp³-hybridized carbons (Fsp3) is 0.552. The number of allylic oxidation sites excluding steroid dienone is 1. The van der Waals surface area contributed by atoms with Crippen LogP contribution in [0.25, 0.3) is 0 Å². The second-order valence-corrected chi connectivity index (χ2v) is 13.0. The highest BCUT2D eigenvalue weighted by Crippen LogP contribution is 2.72. The van der Waals surface area contributed by atoms with E-state index >= 15 is 0 Å². The van der Waals surface area contributed by atoms with Crippen molar-refractivity contribution < 1.29 is 24.2 Å². The van der Waals surface area contributed by atoms with Crippen LogP contribution >= 0.6 is 0 Å². The molecule has 5 atom stereocenters. The van der Waals surface area contributed by atoms with E-state index in [1.54, 1.807) is 12.3 Å². The third-order valence-corrected chi connectivity index (χ3v) is 10.6. The minimum absolute atomic E-state index is 0.0364. The first-order chi connectivity index (χ1) is 17.8. The normalized spacial score (nSPS) is 38.7. The molecule has 7 aliphatic rings. The molecule has 198 valence electrons. The standard InChI is InChI=1S/C29H32N4O5/c1-25(2)8-9-37-22-19(38-25)7-6-18-21(22)31-23(35)29(18)14-28-15-33-16(13-30)10-17(34)11-27(33,24(36)32(28)5)12-20(28)26(29,3)4/h6-10,17,20,34H,11-12,14-15H2,1-5H3,(H,31,35)/t17-,20-,27-,28+,29+/m0/s1. The second kappa shape index (κ2) is 6.73. The zero-order chi connectivity index (χ0) is 27.0. The number of rotatable bonds is 0. The van der Waals surface area contributed by atoms with Crippen LogP contribution in [-0.4, -0.2) is 63.1 Å². The maximum absolute atomic E-state index is 14.2. The molecular formula is C29H32N4O5. The predicted octanol–water partition coefficient (Wildman–Crippen LogP) is 2.81. The molecule has 6 aliphatic heterocycles. The minimum Gasteiger partial charge on any atom is -0.480 e. The molecule has 1 aromatic carbocycles. The maximum Gasteiger partial charge on any atom is 0.248 e. The Morgan fingerprint density at radius 3 is 2.68 bits per heavy atom. The number of anilines is 1. The number of benzene rings is 1. The van der Waals surface area contributed by atoms with Crippen molar-refractivity contribution in [2.45, 2.75) is 75.2 Å². The lowest BCUT2D eigenvalue weighted by molar-refractivity contribution is -0.190. The van der Waals surface area contributed by atoms with E-state index in [4.69, 9.17) is 9.47 Å². The van der Waals surface area contributed by atoms with E-state index in [0.717, 1.165) is 5.56 Å². The van der Waals surface area contributed by atoms with Crippen molar-refractivity contribution in [3.8, 4) is 17.6 Å². The lowest BCUT2D eigenvalue weighted by atomic mass is 9.56. The summed E-state index contributed by atoms with van der Waals surface area (Å²) in [5.41, 5.74) is -1.90. The van der Waals surface area contributed by atoms with E-state index in [0.29, 0.717) is 42.3 Å². The van der Waals surface area contributed by atoms with E-state index in [1.807, 2.05) is 48.9 Å². The van der Waals surface area contributed by atoms with E-state index in [9.17, 15) is 20.0 Å². The van der Waals surface area contributed by atoms with Gasteiger partial charge in [0.1, 0.15) is 22.9 Å². The van der Waals surface area contributed by atoms with Crippen molar-refractivity contribution >= 4 is 17.5 Å². The predicted molar refractivity (Wildman–Crippen MR) is 137 cm³/mol. The molecule has 6 heterocycles. The number of nitriles is 1. The van der Waals surface area contributed by atoms with Crippen LogP contribution in [0, 0.1) is 22.7 Å². The smallest absolute Gasteiger partial charge is 0.248 e. The number of piperidine rings is 2. The summed E-state index contributed by atoms with van der Waals surface area (Å²) in [5.74, 6) is 0.814. The molecule has 8 rings (SSSR count). The Hall–Kier alpha value is -3.51. The van der Waals surface area contributed by atoms with Crippen molar-refractivity contribution in [2.75, 3.05) is 18.9 Å². The van der Waals surface area contributed by atoms with Gasteiger partial charge in [-0.1, -0.05) is 19.9 Å². The van der Waals surface area contributed by atoms with Gasteiger partial charge in [-0.15, -0.1) is 0 Å². The molecule has 0 unspecified atom stereocenters. The van der Waals surface area contributed by atoms with Crippen LogP contribution in [0.2, 0.25) is 0 Å². The summed E-state index contributed by atoms with van der Waals surface area (Å²) in [6.45, 7) is 8.59. The molecule has 9 nitrogen and oxygen atoms in total. The number of likely N-dealkylation sites (N-methyl/N-ethyl adjacent to an activating group) is 1. The lowest BCUT2D eigenvalue weighted by Gasteiger charge is -2.67. The molecule has 2 amide bonds. The quantitative estimate of drug-likeness (QED) is 0.545. The number of aliphatic hydroxyl groups is 1. The molecule has 0 radical (unpaired) electrons. The third kappa shape index (κ3) is 2.42. The van der Waals surface area contributed by atoms with Crippen molar-refractivity contribution in [1.82, 2.24) is 9.80 Å². The van der Waals surface area contributed by atoms with Gasteiger partial charge in [0.15, 0.2) is 11.5 Å². The molecule has 4 fully saturated rings. The summed E-state index contributed by atoms with van der Waals surface area (Å²) >= 11 is 0. The molecule has 0 aromatic heterocycles. The Kier molecular flexibility index (Phi) is 4.18. The largest absolute Gasteiger partial charge is 0.480 e. The van der Waals surface area contributed by atoms with Crippen molar-refractivity contribution in [1.29, 1.82) is 5.26 Å². The van der Waals surface area contributed by atoms with Crippen LogP contribution in [0.4, 0.5) is 5.69 Å². The van der Waals surface area contributed by atoms with E-state index in [-0.39, 0.29) is 24.2 Å². The SMILES string of the molecule is CN1C(=O)[C@@]23C[C@@H](O)C=C(C#N)N2C[C@@]12C[C@@]1(C(=O)Nc4c1ccc1c4OC=CC(C)(C)O1)C(C)(C)[C@@H]2C3. The van der Waals surface area contributed by atoms with Crippen LogP contribution in [0.1, 0.15) is 52.5 Å². The topological polar surface area (TPSA) is 115 Å². The number of nitrogens with one attached hydrogen (secondary N) is 1. The number of carbonyl (C=O) groups is 2. The third-order valence-electron chi connectivity index (χ3n) is 10.6. The number of ether oxygens (including phenoxy) is 2. The molecule has 2 N–H and O–H groups in total. The molecule has 9 heteroatoms. The van der Waals surface area contributed by atoms with Gasteiger partial charge in [0.25, 0.3) is 0 Å². The number of fused-ring (bicyclic) bond motifs is 5. The zero-order valence-electron chi connectivity index (χ0n) is 22.3. The van der Waals surface area contributed by atoms with Gasteiger partial charge in [0, 0.05) is 20.0 Å². The first kappa shape index (κ1) is 23.6. The second-order valence-electron chi connectivity index (χ2n) is 13.0. The van der Waals surface area contributed by atoms with Gasteiger partial charge >= 0.3 is 0 Å². The average Bonchev–Trinajstić information content (AvgIpc) is 3.16. The van der Waals surface area contributed by atoms with E-state index < -0.39 is 33.6 Å². The molecule has 1 aliphatic carbocycles. The summed E-state index contributed by atoms with van der Waals surface area (Å²) in [6, 6.07) is 6.06. The molecule has 1 aromatic rings. The summed E-state index contributed by atoms with van der Waals surface area (Å²) < 4.78 is 12.2. The molecule has 38 heavy (non-hydrogen) atoms. The van der Waals surface area contributed by atoms with Gasteiger partial charge in [-0.25, -0.2) is 0 Å². The van der Waals surface area contributed by atoms with Crippen LogP contribution in [0.5, 0.6) is 11.5 Å². The highest BCUT2D eigenvalue weighted by molar-refractivity contribution is 6.09. The van der Waals surface area contributed by atoms with Crippen molar-refractivity contribution in [3.63, 3.8) is 0 Å². The van der Waals surface area contributed by atoms with Crippen molar-refractivity contribution in [2.24, 2.45) is 11.3 Å². The minimum atomic E-state index is -0.998. The Balaban J connectivity index is 1.41. The average molecular weight is 517 g/mol. The molecule has 3 spiro atoms. The monoisotopic (exact) mass is 516 g/mol. The number of carbonyl (C=O) groups excluding carboxylic acids is 2. The van der Waals surface area contributed by atoms with E-state index in [1.165, 1.54) is 0 Å². The Bertz CT molecular complexity index is 1440. The zero-order valence-corrected chi connectivity index (χ0v) is 22.3. The highest BCUT2D eigenvalue weighted by Gasteiger charge is 2.79. The molecule has 3 saturated heterocycles. The van der Waals surface area contributed by atoms with Crippen LogP contribution in [0.3, 0.4) is 0 Å². The van der Waals surface area contributed by atoms with Crippen LogP contribution in [0.15, 0.2) is 36.2 Å². The number of nitrogens with zero attached hydrogens (tertiary/aromatic N) is 3. The van der Waals surface area contributed by atoms with Gasteiger partial charge < -0.3 is 29.7 Å². The van der Waals surface area contributed by atoms with Gasteiger partial charge in [-0.05, 0) is 61.8 Å². The van der Waals surface area contributed by atoms with Crippen molar-refractivity contribution in [3.05, 3.63) is 41.8 Å². The first-order valence-electron chi connectivity index (χ1n) is 13.2. The Morgan fingerprint density at radius 1 is 1.18 bits per heavy atom. The molecule has 1 saturated carbocycles. The van der Waals surface area contributed by atoms with Gasteiger partial charge in [-0.3, -0.25) is 9.59 Å². The fourth-order valence-electron chi connectivity index (χ4n) is 8.79. The lowest BCUT2D eigenvalue weighted by Crippen LogP contribution is -2.80. The van der Waals surface area contributed by atoms with Crippen LogP contribution in [-0.2, 0) is 15.0 Å². The number of hydrogen-bond donors (Lipinski definition) is 2. The summed E-state index contributed by atoms with van der Waals surface area (Å²) in [4.78, 5) is 32.0. The number of hydrogen-bond acceptors (Lipinski definition) is 7. The summed E-state index contributed by atoms with van der Waals surface area (Å²) in [5, 5.41) is 23.7. The summed E-state index contributed by atoms with van der Waals surface area (Å²) in [6.07, 6.45) is 5.26. The molecule has 2 bridgehead atoms. The number of amides is 2. The van der Waals surface area contributed by atoms with Gasteiger partial charge in [-0.2, -0.15) is 5.26 Å². The highest BCUT2D eigenvalue weighted by atomic mass is 16.5. The molecular weight excluding hydrogens is 484 g/mol. The van der Waals surface area contributed by atoms with Crippen LogP contribution < -0.4 is 14.8 Å². The van der Waals surface area contributed by atoms with E-state index in [2.05, 4.69) is 25.2 Å². The fourth-order valence-corrected chi connectivity index (χ4v) is 8.79. The number of aliphatic hydroxyl groups excluding tert-OH is 1. The van der Waals surface area contributed by atoms with Gasteiger partial charge in [0.05, 0.1) is 29.0 Å².